The highest BCUT2D eigenvalue weighted by Crippen LogP contribution is 2.35. The molecule has 4 aromatic rings. The van der Waals surface area contributed by atoms with E-state index in [0.717, 1.165) is 65.3 Å². The number of nitrogens with zero attached hydrogens (tertiary/aromatic N) is 3. The smallest absolute Gasteiger partial charge is 0.254 e. The normalized spacial score (nSPS) is 15.6. The fraction of sp³-hybridized carbons (Fsp3) is 0.222. The number of likely N-dealkylation sites (tertiary alicyclic amines) is 1. The van der Waals surface area contributed by atoms with Gasteiger partial charge >= 0.3 is 0 Å². The number of hydrogen-bond donors (Lipinski definition) is 2. The predicted octanol–water partition coefficient (Wildman–Crippen LogP) is 4.57. The number of pyridine rings is 1. The molecule has 1 aliphatic heterocycles. The lowest BCUT2D eigenvalue weighted by Crippen LogP contribution is -2.57. The van der Waals surface area contributed by atoms with Gasteiger partial charge in [0.1, 0.15) is 23.1 Å². The Balaban J connectivity index is 1.15. The van der Waals surface area contributed by atoms with Crippen LogP contribution in [0.2, 0.25) is 0 Å². The van der Waals surface area contributed by atoms with Crippen LogP contribution in [0.1, 0.15) is 23.2 Å². The van der Waals surface area contributed by atoms with Crippen molar-refractivity contribution in [2.24, 2.45) is 0 Å². The third kappa shape index (κ3) is 4.17. The van der Waals surface area contributed by atoms with Crippen molar-refractivity contribution in [3.05, 3.63) is 78.0 Å². The van der Waals surface area contributed by atoms with Gasteiger partial charge in [0, 0.05) is 48.0 Å². The number of fused-ring (bicyclic) bond motifs is 1. The Kier molecular flexibility index (Phi) is 5.40. The van der Waals surface area contributed by atoms with E-state index in [1.165, 1.54) is 0 Å². The summed E-state index contributed by atoms with van der Waals surface area (Å²) in [5.41, 5.74) is 3.62. The van der Waals surface area contributed by atoms with Crippen LogP contribution in [-0.2, 0) is 4.79 Å². The molecule has 1 saturated heterocycles. The minimum atomic E-state index is -0.765. The third-order valence-electron chi connectivity index (χ3n) is 6.68. The van der Waals surface area contributed by atoms with Crippen molar-refractivity contribution in [1.29, 1.82) is 0 Å². The summed E-state index contributed by atoms with van der Waals surface area (Å²) in [6.45, 7) is 0.887. The quantitative estimate of drug-likeness (QED) is 0.374. The van der Waals surface area contributed by atoms with Gasteiger partial charge in [-0.25, -0.2) is 13.8 Å². The molecular weight excluding hydrogens is 464 g/mol. The molecule has 2 N–H and O–H groups in total. The SMILES string of the molecule is O=CN(c1cc(-c2ccc(NC3CN(C(=O)c4cc(F)cc(F)c4)C3)cc2)c2cc[nH]c2n1)C1CC1. The summed E-state index contributed by atoms with van der Waals surface area (Å²) in [5, 5.41) is 4.37. The third-order valence-corrected chi connectivity index (χ3v) is 6.68. The maximum Gasteiger partial charge on any atom is 0.254 e. The first kappa shape index (κ1) is 22.2. The molecule has 0 atom stereocenters. The molecule has 36 heavy (non-hydrogen) atoms. The second kappa shape index (κ2) is 8.75. The molecule has 0 radical (unpaired) electrons. The lowest BCUT2D eigenvalue weighted by Gasteiger charge is -2.40. The van der Waals surface area contributed by atoms with E-state index in [1.807, 2.05) is 42.6 Å². The summed E-state index contributed by atoms with van der Waals surface area (Å²) in [6.07, 6.45) is 4.67. The largest absolute Gasteiger partial charge is 0.379 e. The van der Waals surface area contributed by atoms with Crippen molar-refractivity contribution < 1.29 is 18.4 Å². The average Bonchev–Trinajstić information content (AvgIpc) is 3.56. The van der Waals surface area contributed by atoms with Crippen LogP contribution in [0.3, 0.4) is 0 Å². The molecule has 9 heteroatoms. The molecule has 7 nitrogen and oxygen atoms in total. The van der Waals surface area contributed by atoms with Crippen molar-refractivity contribution in [1.82, 2.24) is 14.9 Å². The van der Waals surface area contributed by atoms with Gasteiger partial charge in [-0.1, -0.05) is 12.1 Å². The predicted molar refractivity (Wildman–Crippen MR) is 133 cm³/mol. The summed E-state index contributed by atoms with van der Waals surface area (Å²) >= 11 is 0. The molecular formula is C27H23F2N5O2. The Labute approximate surface area is 205 Å². The topological polar surface area (TPSA) is 81.3 Å². The molecule has 0 bridgehead atoms. The summed E-state index contributed by atoms with van der Waals surface area (Å²) in [7, 11) is 0. The minimum Gasteiger partial charge on any atom is -0.379 e. The molecule has 182 valence electrons. The maximum absolute atomic E-state index is 13.4. The number of rotatable bonds is 7. The number of aromatic amines is 1. The number of hydrogen-bond acceptors (Lipinski definition) is 4. The van der Waals surface area contributed by atoms with Gasteiger partial charge in [-0.15, -0.1) is 0 Å². The van der Waals surface area contributed by atoms with Crippen LogP contribution in [0.4, 0.5) is 20.3 Å². The Morgan fingerprint density at radius 2 is 1.78 bits per heavy atom. The lowest BCUT2D eigenvalue weighted by molar-refractivity contribution is -0.107. The van der Waals surface area contributed by atoms with E-state index in [2.05, 4.69) is 15.3 Å². The Morgan fingerprint density at radius 3 is 2.44 bits per heavy atom. The van der Waals surface area contributed by atoms with E-state index < -0.39 is 11.6 Å². The molecule has 6 rings (SSSR count). The fourth-order valence-corrected chi connectivity index (χ4v) is 4.65. The van der Waals surface area contributed by atoms with Crippen LogP contribution in [0, 0.1) is 11.6 Å². The van der Waals surface area contributed by atoms with Crippen molar-refractivity contribution in [2.75, 3.05) is 23.3 Å². The molecule has 1 saturated carbocycles. The number of carbonyl (C=O) groups excluding carboxylic acids is 2. The van der Waals surface area contributed by atoms with Crippen molar-refractivity contribution in [3.8, 4) is 11.1 Å². The van der Waals surface area contributed by atoms with Crippen LogP contribution in [-0.4, -0.2) is 52.4 Å². The number of benzene rings is 2. The Bertz CT molecular complexity index is 1440. The van der Waals surface area contributed by atoms with Crippen LogP contribution < -0.4 is 10.2 Å². The molecule has 2 fully saturated rings. The van der Waals surface area contributed by atoms with Crippen molar-refractivity contribution in [3.63, 3.8) is 0 Å². The fourth-order valence-electron chi connectivity index (χ4n) is 4.65. The van der Waals surface area contributed by atoms with Crippen LogP contribution >= 0.6 is 0 Å². The van der Waals surface area contributed by atoms with E-state index in [4.69, 9.17) is 0 Å². The molecule has 2 aromatic carbocycles. The molecule has 2 aliphatic rings. The van der Waals surface area contributed by atoms with Gasteiger partial charge in [0.05, 0.1) is 6.04 Å². The highest BCUT2D eigenvalue weighted by molar-refractivity contribution is 5.96. The van der Waals surface area contributed by atoms with Gasteiger partial charge in [0.2, 0.25) is 6.41 Å². The van der Waals surface area contributed by atoms with Crippen molar-refractivity contribution in [2.45, 2.75) is 24.9 Å². The molecule has 2 aromatic heterocycles. The van der Waals surface area contributed by atoms with E-state index in [1.54, 1.807) is 9.80 Å². The molecule has 1 aliphatic carbocycles. The first-order chi connectivity index (χ1) is 17.5. The van der Waals surface area contributed by atoms with Gasteiger partial charge < -0.3 is 15.2 Å². The number of nitrogens with one attached hydrogen (secondary N) is 2. The summed E-state index contributed by atoms with van der Waals surface area (Å²) in [4.78, 5) is 35.2. The highest BCUT2D eigenvalue weighted by Gasteiger charge is 2.32. The summed E-state index contributed by atoms with van der Waals surface area (Å²) < 4.78 is 26.9. The zero-order chi connectivity index (χ0) is 24.8. The highest BCUT2D eigenvalue weighted by atomic mass is 19.1. The minimum absolute atomic E-state index is 0.0120. The van der Waals surface area contributed by atoms with Crippen molar-refractivity contribution >= 4 is 34.9 Å². The molecule has 2 amide bonds. The Morgan fingerprint density at radius 1 is 1.06 bits per heavy atom. The molecule has 0 unspecified atom stereocenters. The number of H-pyrrole nitrogens is 1. The standard InChI is InChI=1S/C27H23F2N5O2/c28-18-9-17(10-19(29)11-18)27(36)33-13-21(14-33)31-20-3-1-16(2-4-20)24-12-25(34(15-35)22-5-6-22)32-26-23(24)7-8-30-26/h1-4,7-12,15,21-22,31H,5-6,13-14H2,(H,30,32). The number of amides is 2. The number of carbonyl (C=O) groups is 2. The lowest BCUT2D eigenvalue weighted by atomic mass is 10.0. The monoisotopic (exact) mass is 487 g/mol. The van der Waals surface area contributed by atoms with Gasteiger partial charge in [0.25, 0.3) is 5.91 Å². The van der Waals surface area contributed by atoms with Crippen LogP contribution in [0.25, 0.3) is 22.2 Å². The molecule has 0 spiro atoms. The number of aromatic nitrogens is 2. The van der Waals surface area contributed by atoms with Crippen LogP contribution in [0.15, 0.2) is 60.8 Å². The second-order valence-electron chi connectivity index (χ2n) is 9.30. The van der Waals surface area contributed by atoms with Crippen LogP contribution in [0.5, 0.6) is 0 Å². The molecule has 3 heterocycles. The Hall–Kier alpha value is -4.27. The van der Waals surface area contributed by atoms with Gasteiger partial charge in [-0.05, 0) is 60.4 Å². The van der Waals surface area contributed by atoms with E-state index in [0.29, 0.717) is 18.9 Å². The average molecular weight is 488 g/mol. The van der Waals surface area contributed by atoms with E-state index in [9.17, 15) is 18.4 Å². The number of halogens is 2. The summed E-state index contributed by atoms with van der Waals surface area (Å²) in [6, 6.07) is 15.0. The van der Waals surface area contributed by atoms with Gasteiger partial charge in [-0.2, -0.15) is 0 Å². The van der Waals surface area contributed by atoms with E-state index in [-0.39, 0.29) is 23.6 Å². The number of anilines is 2. The second-order valence-corrected chi connectivity index (χ2v) is 9.30. The van der Waals surface area contributed by atoms with Gasteiger partial charge in [0.15, 0.2) is 0 Å². The maximum atomic E-state index is 13.4. The van der Waals surface area contributed by atoms with E-state index >= 15 is 0 Å². The first-order valence-electron chi connectivity index (χ1n) is 11.8. The van der Waals surface area contributed by atoms with Gasteiger partial charge in [-0.3, -0.25) is 14.5 Å². The zero-order valence-electron chi connectivity index (χ0n) is 19.2. The zero-order valence-corrected chi connectivity index (χ0v) is 19.2. The summed E-state index contributed by atoms with van der Waals surface area (Å²) in [5.74, 6) is -1.28. The first-order valence-corrected chi connectivity index (χ1v) is 11.8.